The third-order valence-corrected chi connectivity index (χ3v) is 7.21. The Balaban J connectivity index is 1.13. The lowest BCUT2D eigenvalue weighted by atomic mass is 9.90. The zero-order chi connectivity index (χ0) is 25.4. The zero-order valence-corrected chi connectivity index (χ0v) is 19.9. The summed E-state index contributed by atoms with van der Waals surface area (Å²) in [5, 5.41) is 13.5. The van der Waals surface area contributed by atoms with Crippen molar-refractivity contribution in [2.75, 3.05) is 18.0 Å². The average Bonchev–Trinajstić information content (AvgIpc) is 3.26. The van der Waals surface area contributed by atoms with Crippen LogP contribution in [0.4, 0.5) is 19.4 Å². The number of carbonyl (C=O) groups excluding carboxylic acids is 2. The van der Waals surface area contributed by atoms with E-state index in [4.69, 9.17) is 4.74 Å². The van der Waals surface area contributed by atoms with Gasteiger partial charge in [0.05, 0.1) is 18.5 Å². The minimum atomic E-state index is -2.71. The first-order valence-electron chi connectivity index (χ1n) is 12.2. The van der Waals surface area contributed by atoms with Crippen LogP contribution in [-0.2, 0) is 4.79 Å². The molecule has 1 aromatic heterocycles. The van der Waals surface area contributed by atoms with E-state index in [9.17, 15) is 23.5 Å². The number of anilines is 1. The number of benzene rings is 1. The summed E-state index contributed by atoms with van der Waals surface area (Å²) in [6.45, 7) is 2.88. The molecule has 1 saturated heterocycles. The lowest BCUT2D eigenvalue weighted by Gasteiger charge is -2.35. The van der Waals surface area contributed by atoms with Gasteiger partial charge in [-0.2, -0.15) is 0 Å². The number of aryl methyl sites for hydroxylation is 1. The van der Waals surface area contributed by atoms with E-state index >= 15 is 0 Å². The topological polar surface area (TPSA) is 108 Å². The molecule has 36 heavy (non-hydrogen) atoms. The number of aromatic nitrogens is 2. The van der Waals surface area contributed by atoms with E-state index in [2.05, 4.69) is 15.3 Å². The van der Waals surface area contributed by atoms with Crippen molar-refractivity contribution in [3.05, 3.63) is 47.4 Å². The van der Waals surface area contributed by atoms with Crippen molar-refractivity contribution >= 4 is 17.8 Å². The molecule has 0 spiro atoms. The van der Waals surface area contributed by atoms with Gasteiger partial charge >= 0.3 is 6.03 Å². The number of hydrogen-bond acceptors (Lipinski definition) is 6. The van der Waals surface area contributed by atoms with Crippen LogP contribution in [-0.4, -0.2) is 63.2 Å². The van der Waals surface area contributed by atoms with Crippen molar-refractivity contribution in [2.24, 2.45) is 0 Å². The molecule has 3 heterocycles. The van der Waals surface area contributed by atoms with Gasteiger partial charge < -0.3 is 20.1 Å². The van der Waals surface area contributed by atoms with Crippen LogP contribution in [0.3, 0.4) is 0 Å². The number of carbonyl (C=O) groups is 2. The number of ether oxygens (including phenoxy) is 1. The number of fused-ring (bicyclic) bond motifs is 1. The molecule has 2 atom stereocenters. The fraction of sp³-hybridized carbons (Fsp3) is 0.520. The van der Waals surface area contributed by atoms with Gasteiger partial charge in [-0.25, -0.2) is 23.5 Å². The quantitative estimate of drug-likeness (QED) is 0.651. The Hall–Kier alpha value is -3.34. The number of alkyl halides is 2. The van der Waals surface area contributed by atoms with Crippen LogP contribution in [0.2, 0.25) is 0 Å². The monoisotopic (exact) mass is 501 g/mol. The molecule has 5 rings (SSSR count). The molecule has 2 aromatic rings. The summed E-state index contributed by atoms with van der Waals surface area (Å²) in [7, 11) is 0. The Labute approximate surface area is 207 Å². The number of rotatable bonds is 5. The lowest BCUT2D eigenvalue weighted by molar-refractivity contribution is -0.131. The van der Waals surface area contributed by atoms with Gasteiger partial charge in [0.1, 0.15) is 11.4 Å². The van der Waals surface area contributed by atoms with Crippen molar-refractivity contribution in [1.29, 1.82) is 0 Å². The largest absolute Gasteiger partial charge is 0.480 e. The van der Waals surface area contributed by atoms with E-state index in [1.54, 1.807) is 11.0 Å². The molecular weight excluding hydrogens is 472 g/mol. The molecular formula is C25H29F2N5O4. The van der Waals surface area contributed by atoms with Crippen molar-refractivity contribution in [2.45, 2.75) is 69.7 Å². The van der Waals surface area contributed by atoms with Crippen LogP contribution in [0.1, 0.15) is 61.5 Å². The lowest BCUT2D eigenvalue weighted by Crippen LogP contribution is -2.49. The average molecular weight is 502 g/mol. The van der Waals surface area contributed by atoms with Gasteiger partial charge in [-0.05, 0) is 44.7 Å². The van der Waals surface area contributed by atoms with E-state index in [0.717, 1.165) is 24.6 Å². The second kappa shape index (κ2) is 9.96. The maximum Gasteiger partial charge on any atom is 0.326 e. The first kappa shape index (κ1) is 24.4. The van der Waals surface area contributed by atoms with Crippen LogP contribution < -0.4 is 15.0 Å². The van der Waals surface area contributed by atoms with E-state index in [-0.39, 0.29) is 36.3 Å². The number of aliphatic hydroxyl groups is 1. The van der Waals surface area contributed by atoms with Gasteiger partial charge in [0.25, 0.3) is 12.3 Å². The normalized spacial score (nSPS) is 26.1. The first-order chi connectivity index (χ1) is 17.3. The molecule has 2 fully saturated rings. The summed E-state index contributed by atoms with van der Waals surface area (Å²) in [5.74, 6) is 0.561. The second-order valence-corrected chi connectivity index (χ2v) is 9.64. The highest BCUT2D eigenvalue weighted by Crippen LogP contribution is 2.36. The van der Waals surface area contributed by atoms with Gasteiger partial charge in [0, 0.05) is 37.2 Å². The second-order valence-electron chi connectivity index (χ2n) is 9.64. The summed E-state index contributed by atoms with van der Waals surface area (Å²) < 4.78 is 31.3. The van der Waals surface area contributed by atoms with Crippen molar-refractivity contribution in [3.8, 4) is 5.75 Å². The third kappa shape index (κ3) is 4.84. The molecule has 2 N–H and O–H groups in total. The molecule has 1 aromatic carbocycles. The Bertz CT molecular complexity index is 1120. The fourth-order valence-corrected chi connectivity index (χ4v) is 5.24. The minimum Gasteiger partial charge on any atom is -0.480 e. The van der Waals surface area contributed by atoms with Crippen LogP contribution >= 0.6 is 0 Å². The molecule has 11 heteroatoms. The molecule has 2 aliphatic heterocycles. The Morgan fingerprint density at radius 1 is 1.17 bits per heavy atom. The standard InChI is InChI=1S/C25H29F2N5O4/c1-14-2-7-20-17(10-14)19(33)11-21(36-20)24(34)30-15-3-5-16(6-4-15)31-8-9-32(25(31)35)22-13-28-18(12-29-22)23(26)27/h2,7,10,12-13,15-16,19,21,23,33H,3-6,8-9,11H2,1H3,(H,30,34)/t15?,16?,19-,21-/m1/s1. The van der Waals surface area contributed by atoms with Gasteiger partial charge in [-0.1, -0.05) is 11.6 Å². The molecule has 1 saturated carbocycles. The SMILES string of the molecule is Cc1ccc2c(c1)[C@H](O)C[C@H](C(=O)NC1CCC(N3CCN(c4cnc(C(F)F)cn4)C3=O)CC1)O2. The number of amides is 3. The number of hydrogen-bond donors (Lipinski definition) is 2. The molecule has 9 nitrogen and oxygen atoms in total. The van der Waals surface area contributed by atoms with Gasteiger partial charge in [0.2, 0.25) is 0 Å². The van der Waals surface area contributed by atoms with E-state index in [0.29, 0.717) is 37.2 Å². The summed E-state index contributed by atoms with van der Waals surface area (Å²) in [6, 6.07) is 5.34. The highest BCUT2D eigenvalue weighted by Gasteiger charge is 2.38. The molecule has 0 radical (unpaired) electrons. The number of urea groups is 1. The van der Waals surface area contributed by atoms with Crippen molar-refractivity contribution < 1.29 is 28.2 Å². The summed E-state index contributed by atoms with van der Waals surface area (Å²) in [4.78, 5) is 36.8. The van der Waals surface area contributed by atoms with Gasteiger partial charge in [-0.15, -0.1) is 0 Å². The van der Waals surface area contributed by atoms with Crippen LogP contribution in [0.25, 0.3) is 0 Å². The number of nitrogens with one attached hydrogen (secondary N) is 1. The van der Waals surface area contributed by atoms with Crippen LogP contribution in [0.5, 0.6) is 5.75 Å². The number of nitrogens with zero attached hydrogens (tertiary/aromatic N) is 4. The predicted molar refractivity (Wildman–Crippen MR) is 126 cm³/mol. The molecule has 0 bridgehead atoms. The predicted octanol–water partition coefficient (Wildman–Crippen LogP) is 3.28. The van der Waals surface area contributed by atoms with Crippen molar-refractivity contribution in [3.63, 3.8) is 0 Å². The van der Waals surface area contributed by atoms with E-state index in [1.165, 1.54) is 11.1 Å². The maximum absolute atomic E-state index is 13.0. The van der Waals surface area contributed by atoms with Crippen LogP contribution in [0.15, 0.2) is 30.6 Å². The smallest absolute Gasteiger partial charge is 0.326 e. The van der Waals surface area contributed by atoms with Gasteiger partial charge in [0.15, 0.2) is 11.9 Å². The highest BCUT2D eigenvalue weighted by molar-refractivity contribution is 5.93. The maximum atomic E-state index is 13.0. The fourth-order valence-electron chi connectivity index (χ4n) is 5.24. The molecule has 192 valence electrons. The summed E-state index contributed by atoms with van der Waals surface area (Å²) in [6.07, 6.45) is 1.10. The third-order valence-electron chi connectivity index (χ3n) is 7.21. The molecule has 3 aliphatic rings. The number of aliphatic hydroxyl groups excluding tert-OH is 1. The Morgan fingerprint density at radius 3 is 2.64 bits per heavy atom. The first-order valence-corrected chi connectivity index (χ1v) is 12.2. The Morgan fingerprint density at radius 2 is 1.94 bits per heavy atom. The van der Waals surface area contributed by atoms with Crippen molar-refractivity contribution in [1.82, 2.24) is 20.2 Å². The van der Waals surface area contributed by atoms with Gasteiger partial charge in [-0.3, -0.25) is 9.69 Å². The minimum absolute atomic E-state index is 0.0320. The molecule has 0 unspecified atom stereocenters. The Kier molecular flexibility index (Phi) is 6.74. The molecule has 3 amide bonds. The van der Waals surface area contributed by atoms with Crippen LogP contribution in [0, 0.1) is 6.92 Å². The summed E-state index contributed by atoms with van der Waals surface area (Å²) >= 11 is 0. The summed E-state index contributed by atoms with van der Waals surface area (Å²) in [5.41, 5.74) is 1.31. The van der Waals surface area contributed by atoms with E-state index < -0.39 is 24.3 Å². The van der Waals surface area contributed by atoms with E-state index in [1.807, 2.05) is 19.1 Å². The zero-order valence-electron chi connectivity index (χ0n) is 19.9. The highest BCUT2D eigenvalue weighted by atomic mass is 19.3. The molecule has 1 aliphatic carbocycles. The number of halogens is 2.